The summed E-state index contributed by atoms with van der Waals surface area (Å²) in [6.45, 7) is 0.575. The predicted molar refractivity (Wildman–Crippen MR) is 98.3 cm³/mol. The van der Waals surface area contributed by atoms with E-state index >= 15 is 0 Å². The van der Waals surface area contributed by atoms with E-state index < -0.39 is 0 Å². The number of likely N-dealkylation sites (tertiary alicyclic amines) is 1. The molecular weight excluding hydrogens is 348 g/mol. The van der Waals surface area contributed by atoms with Gasteiger partial charge in [-0.3, -0.25) is 14.0 Å². The van der Waals surface area contributed by atoms with Gasteiger partial charge in [-0.25, -0.2) is 4.98 Å². The number of benzene rings is 1. The lowest BCUT2D eigenvalue weighted by molar-refractivity contribution is -0.129. The van der Waals surface area contributed by atoms with E-state index in [-0.39, 0.29) is 23.9 Å². The molecule has 6 nitrogen and oxygen atoms in total. The van der Waals surface area contributed by atoms with Crippen LogP contribution in [0.4, 0.5) is 0 Å². The van der Waals surface area contributed by atoms with Gasteiger partial charge in [0, 0.05) is 36.8 Å². The van der Waals surface area contributed by atoms with Gasteiger partial charge < -0.3 is 10.2 Å². The molecule has 0 bridgehead atoms. The van der Waals surface area contributed by atoms with Crippen molar-refractivity contribution in [2.24, 2.45) is 0 Å². The number of carbonyl (C=O) groups excluding carboxylic acids is 2. The zero-order valence-corrected chi connectivity index (χ0v) is 14.9. The maximum absolute atomic E-state index is 12.5. The normalized spacial score (nSPS) is 20.1. The zero-order chi connectivity index (χ0) is 17.7. The molecule has 7 heteroatoms. The minimum Gasteiger partial charge on any atom is -0.346 e. The van der Waals surface area contributed by atoms with Crippen LogP contribution in [0, 0.1) is 0 Å². The summed E-state index contributed by atoms with van der Waals surface area (Å²) in [5.74, 6) is -0.0887. The first kappa shape index (κ1) is 15.6. The predicted octanol–water partition coefficient (Wildman–Crippen LogP) is 1.89. The average Bonchev–Trinajstić information content (AvgIpc) is 3.36. The minimum atomic E-state index is -0.213. The highest BCUT2D eigenvalue weighted by atomic mass is 32.1. The molecule has 1 fully saturated rings. The molecule has 26 heavy (non-hydrogen) atoms. The number of nitrogens with zero attached hydrogens (tertiary/aromatic N) is 3. The maximum atomic E-state index is 12.5. The van der Waals surface area contributed by atoms with Crippen LogP contribution >= 0.6 is 11.3 Å². The van der Waals surface area contributed by atoms with Crippen LogP contribution in [0.2, 0.25) is 0 Å². The van der Waals surface area contributed by atoms with Gasteiger partial charge in [-0.15, -0.1) is 11.3 Å². The maximum Gasteiger partial charge on any atom is 0.271 e. The summed E-state index contributed by atoms with van der Waals surface area (Å²) in [5, 5.41) is 4.91. The molecule has 1 aromatic carbocycles. The molecule has 0 saturated carbocycles. The van der Waals surface area contributed by atoms with E-state index in [0.717, 1.165) is 17.8 Å². The molecule has 132 valence electrons. The molecule has 1 aliphatic carbocycles. The van der Waals surface area contributed by atoms with Gasteiger partial charge in [0.05, 0.1) is 6.04 Å². The van der Waals surface area contributed by atoms with Crippen molar-refractivity contribution in [1.82, 2.24) is 19.6 Å². The molecule has 5 rings (SSSR count). The minimum absolute atomic E-state index is 0.124. The van der Waals surface area contributed by atoms with Gasteiger partial charge in [0.1, 0.15) is 5.69 Å². The highest BCUT2D eigenvalue weighted by Gasteiger charge is 2.37. The van der Waals surface area contributed by atoms with Crippen molar-refractivity contribution in [1.29, 1.82) is 0 Å². The van der Waals surface area contributed by atoms with E-state index in [1.807, 2.05) is 33.0 Å². The number of hydrogen-bond donors (Lipinski definition) is 1. The van der Waals surface area contributed by atoms with Crippen LogP contribution < -0.4 is 5.32 Å². The van der Waals surface area contributed by atoms with E-state index in [2.05, 4.69) is 22.4 Å². The molecular formula is C19H18N4O2S. The number of nitrogens with one attached hydrogen (secondary N) is 1. The Morgan fingerprint density at radius 1 is 1.19 bits per heavy atom. The summed E-state index contributed by atoms with van der Waals surface area (Å²) in [4.78, 5) is 32.0. The van der Waals surface area contributed by atoms with Crippen molar-refractivity contribution >= 4 is 28.1 Å². The summed E-state index contributed by atoms with van der Waals surface area (Å²) in [7, 11) is 0. The van der Waals surface area contributed by atoms with E-state index in [9.17, 15) is 9.59 Å². The van der Waals surface area contributed by atoms with Gasteiger partial charge in [-0.05, 0) is 24.0 Å². The van der Waals surface area contributed by atoms with Crippen LogP contribution in [0.3, 0.4) is 0 Å². The van der Waals surface area contributed by atoms with Crippen molar-refractivity contribution in [3.63, 3.8) is 0 Å². The molecule has 2 aromatic heterocycles. The fraction of sp³-hybridized carbons (Fsp3) is 0.316. The van der Waals surface area contributed by atoms with Gasteiger partial charge >= 0.3 is 0 Å². The first-order chi connectivity index (χ1) is 12.7. The van der Waals surface area contributed by atoms with E-state index in [1.54, 1.807) is 6.20 Å². The molecule has 1 atom stereocenters. The summed E-state index contributed by atoms with van der Waals surface area (Å²) >= 11 is 1.49. The Morgan fingerprint density at radius 3 is 2.69 bits per heavy atom. The Balaban J connectivity index is 1.25. The molecule has 0 unspecified atom stereocenters. The third-order valence-corrected chi connectivity index (χ3v) is 6.06. The number of amides is 2. The summed E-state index contributed by atoms with van der Waals surface area (Å²) in [6, 6.07) is 8.43. The van der Waals surface area contributed by atoms with Crippen LogP contribution in [-0.2, 0) is 17.6 Å². The largest absolute Gasteiger partial charge is 0.346 e. The molecule has 3 heterocycles. The summed E-state index contributed by atoms with van der Waals surface area (Å²) < 4.78 is 1.83. The summed E-state index contributed by atoms with van der Waals surface area (Å²) in [6.07, 6.45) is 5.77. The molecule has 0 spiro atoms. The lowest BCUT2D eigenvalue weighted by atomic mass is 10.1. The standard InChI is InChI=1S/C19H18N4O2S/c24-17-9-14(20-18(25)16-11-22-5-6-26-19(22)21-16)10-23(17)15-7-12-3-1-2-4-13(12)8-15/h1-6,11,14-15H,7-10H2,(H,20,25)/t14-/m1/s1. The number of fused-ring (bicyclic) bond motifs is 2. The van der Waals surface area contributed by atoms with Crippen molar-refractivity contribution in [2.45, 2.75) is 31.3 Å². The first-order valence-electron chi connectivity index (χ1n) is 8.77. The molecule has 0 radical (unpaired) electrons. The zero-order valence-electron chi connectivity index (χ0n) is 14.1. The number of imidazole rings is 1. The Hall–Kier alpha value is -2.67. The first-order valence-corrected chi connectivity index (χ1v) is 9.64. The number of aromatic nitrogens is 2. The highest BCUT2D eigenvalue weighted by Crippen LogP contribution is 2.28. The van der Waals surface area contributed by atoms with Gasteiger partial charge in [-0.2, -0.15) is 0 Å². The van der Waals surface area contributed by atoms with E-state index in [0.29, 0.717) is 18.7 Å². The molecule has 3 aromatic rings. The second kappa shape index (κ2) is 5.95. The van der Waals surface area contributed by atoms with Crippen molar-refractivity contribution in [3.8, 4) is 0 Å². The smallest absolute Gasteiger partial charge is 0.271 e. The average molecular weight is 366 g/mol. The van der Waals surface area contributed by atoms with Crippen molar-refractivity contribution in [2.75, 3.05) is 6.54 Å². The number of hydrogen-bond acceptors (Lipinski definition) is 4. The van der Waals surface area contributed by atoms with Crippen LogP contribution in [-0.4, -0.2) is 44.7 Å². The highest BCUT2D eigenvalue weighted by molar-refractivity contribution is 7.15. The molecule has 2 aliphatic rings. The molecule has 1 N–H and O–H groups in total. The monoisotopic (exact) mass is 366 g/mol. The second-order valence-electron chi connectivity index (χ2n) is 6.97. The van der Waals surface area contributed by atoms with E-state index in [1.165, 1.54) is 22.5 Å². The lowest BCUT2D eigenvalue weighted by Gasteiger charge is -2.24. The van der Waals surface area contributed by atoms with Gasteiger partial charge in [0.25, 0.3) is 5.91 Å². The fourth-order valence-corrected chi connectivity index (χ4v) is 4.73. The van der Waals surface area contributed by atoms with Gasteiger partial charge in [0.15, 0.2) is 4.96 Å². The number of thiazole rings is 1. The van der Waals surface area contributed by atoms with Crippen molar-refractivity contribution in [3.05, 3.63) is 58.9 Å². The summed E-state index contributed by atoms with van der Waals surface area (Å²) in [5.41, 5.74) is 3.06. The van der Waals surface area contributed by atoms with Crippen LogP contribution in [0.1, 0.15) is 28.0 Å². The van der Waals surface area contributed by atoms with Crippen LogP contribution in [0.25, 0.3) is 4.96 Å². The molecule has 1 aliphatic heterocycles. The quantitative estimate of drug-likeness (QED) is 0.770. The second-order valence-corrected chi connectivity index (χ2v) is 7.84. The van der Waals surface area contributed by atoms with Gasteiger partial charge in [0.2, 0.25) is 5.91 Å². The third-order valence-electron chi connectivity index (χ3n) is 5.29. The topological polar surface area (TPSA) is 66.7 Å². The SMILES string of the molecule is O=C(N[C@@H]1CC(=O)N(C2Cc3ccccc3C2)C1)c1cn2ccsc2n1. The Kier molecular flexibility index (Phi) is 3.56. The Labute approximate surface area is 154 Å². The molecule has 2 amide bonds. The van der Waals surface area contributed by atoms with Crippen molar-refractivity contribution < 1.29 is 9.59 Å². The number of carbonyl (C=O) groups is 2. The fourth-order valence-electron chi connectivity index (χ4n) is 4.03. The lowest BCUT2D eigenvalue weighted by Crippen LogP contribution is -2.41. The van der Waals surface area contributed by atoms with Gasteiger partial charge in [-0.1, -0.05) is 24.3 Å². The van der Waals surface area contributed by atoms with E-state index in [4.69, 9.17) is 0 Å². The van der Waals surface area contributed by atoms with Crippen LogP contribution in [0.5, 0.6) is 0 Å². The Morgan fingerprint density at radius 2 is 1.96 bits per heavy atom. The third kappa shape index (κ3) is 2.59. The Bertz CT molecular complexity index is 954. The number of rotatable bonds is 3. The molecule has 1 saturated heterocycles. The van der Waals surface area contributed by atoms with Crippen LogP contribution in [0.15, 0.2) is 42.0 Å².